The summed E-state index contributed by atoms with van der Waals surface area (Å²) in [5.41, 5.74) is 3.51. The van der Waals surface area contributed by atoms with Crippen LogP contribution in [0, 0.1) is 6.92 Å². The topological polar surface area (TPSA) is 42.3 Å². The van der Waals surface area contributed by atoms with Gasteiger partial charge < -0.3 is 19.5 Å². The van der Waals surface area contributed by atoms with E-state index >= 15 is 0 Å². The number of hydrogen-bond acceptors (Lipinski definition) is 3. The van der Waals surface area contributed by atoms with Crippen molar-refractivity contribution < 1.29 is 4.74 Å². The number of rotatable bonds is 4. The van der Waals surface area contributed by atoms with Crippen molar-refractivity contribution >= 4 is 17.3 Å². The summed E-state index contributed by atoms with van der Waals surface area (Å²) in [6, 6.07) is 10.6. The predicted octanol–water partition coefficient (Wildman–Crippen LogP) is 2.88. The normalized spacial score (nSPS) is 26.2. The molecule has 0 unspecified atom stereocenters. The number of thiocarbonyl (C=S) groups is 1. The Kier molecular flexibility index (Phi) is 4.48. The zero-order valence-electron chi connectivity index (χ0n) is 14.7. The molecule has 2 saturated heterocycles. The fourth-order valence-electron chi connectivity index (χ4n) is 3.86. The van der Waals surface area contributed by atoms with Gasteiger partial charge >= 0.3 is 0 Å². The summed E-state index contributed by atoms with van der Waals surface area (Å²) in [4.78, 5) is 6.88. The molecule has 5 nitrogen and oxygen atoms in total. The van der Waals surface area contributed by atoms with E-state index in [9.17, 15) is 0 Å². The van der Waals surface area contributed by atoms with Crippen molar-refractivity contribution in [3.05, 3.63) is 53.6 Å². The van der Waals surface area contributed by atoms with Gasteiger partial charge in [0.15, 0.2) is 5.11 Å². The molecule has 25 heavy (non-hydrogen) atoms. The van der Waals surface area contributed by atoms with Crippen LogP contribution in [0.1, 0.15) is 42.0 Å². The SMILES string of the molecule is Cc1ccc([C@@H]2[C@H](c3ccccn3)NC(=S)N2C[C@H]2CCCO2)n1C. The van der Waals surface area contributed by atoms with Crippen LogP contribution in [0.2, 0.25) is 0 Å². The fraction of sp³-hybridized carbons (Fsp3) is 0.474. The highest BCUT2D eigenvalue weighted by Crippen LogP contribution is 2.39. The van der Waals surface area contributed by atoms with Gasteiger partial charge in [-0.15, -0.1) is 0 Å². The monoisotopic (exact) mass is 356 g/mol. The van der Waals surface area contributed by atoms with Crippen molar-refractivity contribution in [3.8, 4) is 0 Å². The van der Waals surface area contributed by atoms with E-state index in [0.29, 0.717) is 0 Å². The molecule has 2 aromatic rings. The second kappa shape index (κ2) is 6.77. The van der Waals surface area contributed by atoms with Crippen LogP contribution in [0.4, 0.5) is 0 Å². The average Bonchev–Trinajstić information content (AvgIpc) is 3.32. The van der Waals surface area contributed by atoms with Crippen LogP contribution in [-0.2, 0) is 11.8 Å². The molecule has 6 heteroatoms. The van der Waals surface area contributed by atoms with Crippen LogP contribution in [0.5, 0.6) is 0 Å². The van der Waals surface area contributed by atoms with Crippen LogP contribution in [0.25, 0.3) is 0 Å². The predicted molar refractivity (Wildman–Crippen MR) is 101 cm³/mol. The van der Waals surface area contributed by atoms with E-state index in [1.807, 2.05) is 18.3 Å². The number of hydrogen-bond donors (Lipinski definition) is 1. The molecule has 4 rings (SSSR count). The molecular weight excluding hydrogens is 332 g/mol. The maximum Gasteiger partial charge on any atom is 0.170 e. The van der Waals surface area contributed by atoms with Crippen LogP contribution in [0.15, 0.2) is 36.5 Å². The highest BCUT2D eigenvalue weighted by molar-refractivity contribution is 7.80. The van der Waals surface area contributed by atoms with Crippen LogP contribution >= 0.6 is 12.2 Å². The maximum absolute atomic E-state index is 5.87. The lowest BCUT2D eigenvalue weighted by Crippen LogP contribution is -2.36. The molecule has 0 amide bonds. The van der Waals surface area contributed by atoms with E-state index in [2.05, 4.69) is 51.9 Å². The molecule has 3 atom stereocenters. The molecule has 4 heterocycles. The van der Waals surface area contributed by atoms with Crippen molar-refractivity contribution in [2.75, 3.05) is 13.2 Å². The first kappa shape index (κ1) is 16.5. The standard InChI is InChI=1S/C19H24N4OS/c1-13-8-9-16(22(13)2)18-17(15-7-3-4-10-20-15)21-19(25)23(18)12-14-6-5-11-24-14/h3-4,7-10,14,17-18H,5-6,11-12H2,1-2H3,(H,21,25)/t14-,17+,18-/m1/s1. The number of aromatic nitrogens is 2. The Morgan fingerprint density at radius 3 is 2.84 bits per heavy atom. The zero-order chi connectivity index (χ0) is 17.4. The van der Waals surface area contributed by atoms with Gasteiger partial charge in [0.2, 0.25) is 0 Å². The van der Waals surface area contributed by atoms with E-state index in [4.69, 9.17) is 17.0 Å². The van der Waals surface area contributed by atoms with Crippen molar-refractivity contribution in [2.45, 2.75) is 38.0 Å². The van der Waals surface area contributed by atoms with Gasteiger partial charge in [-0.2, -0.15) is 0 Å². The van der Waals surface area contributed by atoms with E-state index in [1.165, 1.54) is 11.4 Å². The van der Waals surface area contributed by atoms with Gasteiger partial charge in [0.25, 0.3) is 0 Å². The Morgan fingerprint density at radius 1 is 1.32 bits per heavy atom. The third-order valence-corrected chi connectivity index (χ3v) is 5.69. The van der Waals surface area contributed by atoms with Gasteiger partial charge in [-0.1, -0.05) is 6.07 Å². The number of aryl methyl sites for hydroxylation is 1. The van der Waals surface area contributed by atoms with E-state index in [0.717, 1.165) is 36.8 Å². The molecule has 0 spiro atoms. The van der Waals surface area contributed by atoms with Gasteiger partial charge in [-0.05, 0) is 56.2 Å². The van der Waals surface area contributed by atoms with Crippen molar-refractivity contribution in [3.63, 3.8) is 0 Å². The minimum Gasteiger partial charge on any atom is -0.376 e. The summed E-state index contributed by atoms with van der Waals surface area (Å²) in [6.45, 7) is 3.81. The van der Waals surface area contributed by atoms with Crippen molar-refractivity contribution in [1.82, 2.24) is 19.8 Å². The summed E-state index contributed by atoms with van der Waals surface area (Å²) >= 11 is 5.70. The first-order chi connectivity index (χ1) is 12.1. The second-order valence-corrected chi connectivity index (χ2v) is 7.26. The number of ether oxygens (including phenoxy) is 1. The molecule has 1 N–H and O–H groups in total. The summed E-state index contributed by atoms with van der Waals surface area (Å²) in [5, 5.41) is 4.29. The fourth-order valence-corrected chi connectivity index (χ4v) is 4.18. The van der Waals surface area contributed by atoms with Crippen LogP contribution in [-0.4, -0.2) is 38.8 Å². The Bertz CT molecular complexity index is 754. The van der Waals surface area contributed by atoms with E-state index in [-0.39, 0.29) is 18.2 Å². The van der Waals surface area contributed by atoms with Gasteiger partial charge in [-0.25, -0.2) is 0 Å². The van der Waals surface area contributed by atoms with Crippen LogP contribution in [0.3, 0.4) is 0 Å². The molecular formula is C19H24N4OS. The third kappa shape index (κ3) is 3.04. The zero-order valence-corrected chi connectivity index (χ0v) is 15.5. The molecule has 132 valence electrons. The summed E-state index contributed by atoms with van der Waals surface area (Å²) in [7, 11) is 2.12. The molecule has 2 aliphatic rings. The number of nitrogens with one attached hydrogen (secondary N) is 1. The van der Waals surface area contributed by atoms with Crippen LogP contribution < -0.4 is 5.32 Å². The lowest BCUT2D eigenvalue weighted by Gasteiger charge is -2.30. The van der Waals surface area contributed by atoms with Gasteiger partial charge in [0, 0.05) is 37.8 Å². The Hall–Kier alpha value is -1.92. The molecule has 2 fully saturated rings. The largest absolute Gasteiger partial charge is 0.376 e. The van der Waals surface area contributed by atoms with E-state index in [1.54, 1.807) is 0 Å². The summed E-state index contributed by atoms with van der Waals surface area (Å²) in [6.07, 6.45) is 4.34. The first-order valence-electron chi connectivity index (χ1n) is 8.87. The van der Waals surface area contributed by atoms with Crippen molar-refractivity contribution in [1.29, 1.82) is 0 Å². The highest BCUT2D eigenvalue weighted by Gasteiger charge is 2.42. The maximum atomic E-state index is 5.87. The number of pyridine rings is 1. The highest BCUT2D eigenvalue weighted by atomic mass is 32.1. The van der Waals surface area contributed by atoms with Gasteiger partial charge in [-0.3, -0.25) is 4.98 Å². The molecule has 0 aromatic carbocycles. The smallest absolute Gasteiger partial charge is 0.170 e. The molecule has 0 bridgehead atoms. The minimum absolute atomic E-state index is 0.0445. The average molecular weight is 356 g/mol. The summed E-state index contributed by atoms with van der Waals surface area (Å²) in [5.74, 6) is 0. The lowest BCUT2D eigenvalue weighted by molar-refractivity contribution is 0.0835. The Balaban J connectivity index is 1.71. The first-order valence-corrected chi connectivity index (χ1v) is 9.28. The van der Waals surface area contributed by atoms with Gasteiger partial charge in [0.05, 0.1) is 23.9 Å². The minimum atomic E-state index is 0.0445. The van der Waals surface area contributed by atoms with Crippen molar-refractivity contribution in [2.24, 2.45) is 7.05 Å². The molecule has 0 aliphatic carbocycles. The lowest BCUT2D eigenvalue weighted by atomic mass is 10.0. The molecule has 0 saturated carbocycles. The molecule has 0 radical (unpaired) electrons. The quantitative estimate of drug-likeness (QED) is 0.854. The second-order valence-electron chi connectivity index (χ2n) is 6.87. The van der Waals surface area contributed by atoms with E-state index < -0.39 is 0 Å². The summed E-state index contributed by atoms with van der Waals surface area (Å²) < 4.78 is 8.12. The third-order valence-electron chi connectivity index (χ3n) is 5.34. The number of nitrogens with zero attached hydrogens (tertiary/aromatic N) is 3. The van der Waals surface area contributed by atoms with Gasteiger partial charge in [0.1, 0.15) is 0 Å². The Labute approximate surface area is 154 Å². The Morgan fingerprint density at radius 2 is 2.20 bits per heavy atom. The molecule has 2 aliphatic heterocycles. The molecule has 2 aromatic heterocycles.